The molecule has 126 valence electrons. The lowest BCUT2D eigenvalue weighted by Crippen LogP contribution is -2.28. The molecule has 0 aliphatic carbocycles. The molecule has 0 saturated heterocycles. The van der Waals surface area contributed by atoms with E-state index in [1.165, 1.54) is 0 Å². The summed E-state index contributed by atoms with van der Waals surface area (Å²) < 4.78 is 5.43. The van der Waals surface area contributed by atoms with Gasteiger partial charge < -0.3 is 14.8 Å². The van der Waals surface area contributed by atoms with Crippen LogP contribution in [0.2, 0.25) is 0 Å². The molecule has 0 aliphatic rings. The Balaban J connectivity index is 2.11. The lowest BCUT2D eigenvalue weighted by atomic mass is 10.1. The molecule has 1 unspecified atom stereocenters. The second kappa shape index (κ2) is 7.33. The zero-order valence-electron chi connectivity index (χ0n) is 14.4. The molecule has 2 rings (SSSR count). The van der Waals surface area contributed by atoms with E-state index in [9.17, 15) is 9.90 Å². The van der Waals surface area contributed by atoms with E-state index in [4.69, 9.17) is 4.42 Å². The van der Waals surface area contributed by atoms with Gasteiger partial charge in [0.1, 0.15) is 5.60 Å². The van der Waals surface area contributed by atoms with Crippen LogP contribution in [0.1, 0.15) is 60.9 Å². The summed E-state index contributed by atoms with van der Waals surface area (Å²) in [6, 6.07) is 8.72. The van der Waals surface area contributed by atoms with Crippen molar-refractivity contribution in [2.24, 2.45) is 0 Å². The first-order valence-electron chi connectivity index (χ1n) is 7.88. The number of aliphatic hydroxyl groups is 1. The number of nitrogens with one attached hydrogen (secondary N) is 1. The number of pyridine rings is 1. The van der Waals surface area contributed by atoms with Crippen molar-refractivity contribution in [3.63, 3.8) is 0 Å². The van der Waals surface area contributed by atoms with Gasteiger partial charge in [-0.05, 0) is 57.4 Å². The Hall–Kier alpha value is -2.58. The highest BCUT2D eigenvalue weighted by Gasteiger charge is 2.18. The Kier molecular flexibility index (Phi) is 5.42. The summed E-state index contributed by atoms with van der Waals surface area (Å²) in [5.74, 6) is 5.55. The van der Waals surface area contributed by atoms with Gasteiger partial charge in [0.15, 0.2) is 11.5 Å². The van der Waals surface area contributed by atoms with Gasteiger partial charge in [0.2, 0.25) is 0 Å². The van der Waals surface area contributed by atoms with Crippen LogP contribution in [-0.4, -0.2) is 21.6 Å². The average Bonchev–Trinajstić information content (AvgIpc) is 2.99. The lowest BCUT2D eigenvalue weighted by molar-refractivity contribution is 0.0906. The van der Waals surface area contributed by atoms with Gasteiger partial charge in [-0.2, -0.15) is 0 Å². The molecule has 0 bridgehead atoms. The third kappa shape index (κ3) is 4.97. The van der Waals surface area contributed by atoms with Crippen molar-refractivity contribution in [3.8, 4) is 11.8 Å². The molecule has 2 N–H and O–H groups in total. The summed E-state index contributed by atoms with van der Waals surface area (Å²) in [6.45, 7) is 7.06. The van der Waals surface area contributed by atoms with Crippen molar-refractivity contribution >= 4 is 5.91 Å². The standard InChI is InChI=1S/C19H22N2O3/c1-5-15(16-8-6-7-13(2)20-16)21-18(22)17-10-9-14(24-17)11-12-19(3,4)23/h6-10,15,23H,5H2,1-4H3,(H,21,22). The number of furan rings is 1. The van der Waals surface area contributed by atoms with Gasteiger partial charge in [0.25, 0.3) is 5.91 Å². The molecule has 0 aromatic carbocycles. The maximum atomic E-state index is 12.4. The number of carbonyl (C=O) groups is 1. The van der Waals surface area contributed by atoms with E-state index in [-0.39, 0.29) is 17.7 Å². The first-order chi connectivity index (χ1) is 11.3. The Bertz CT molecular complexity index is 776. The van der Waals surface area contributed by atoms with Gasteiger partial charge >= 0.3 is 0 Å². The van der Waals surface area contributed by atoms with Gasteiger partial charge in [-0.25, -0.2) is 0 Å². The van der Waals surface area contributed by atoms with Crippen molar-refractivity contribution < 1.29 is 14.3 Å². The van der Waals surface area contributed by atoms with Crippen molar-refractivity contribution in [3.05, 3.63) is 53.2 Å². The minimum Gasteiger partial charge on any atom is -0.443 e. The van der Waals surface area contributed by atoms with Crippen molar-refractivity contribution in [2.75, 3.05) is 0 Å². The highest BCUT2D eigenvalue weighted by atomic mass is 16.3. The van der Waals surface area contributed by atoms with E-state index in [1.54, 1.807) is 26.0 Å². The Morgan fingerprint density at radius 2 is 2.12 bits per heavy atom. The highest BCUT2D eigenvalue weighted by molar-refractivity contribution is 5.91. The van der Waals surface area contributed by atoms with Gasteiger partial charge in [-0.3, -0.25) is 9.78 Å². The van der Waals surface area contributed by atoms with Crippen LogP contribution in [0.3, 0.4) is 0 Å². The number of nitrogens with zero attached hydrogens (tertiary/aromatic N) is 1. The van der Waals surface area contributed by atoms with E-state index in [0.29, 0.717) is 12.2 Å². The van der Waals surface area contributed by atoms with Gasteiger partial charge in [0.05, 0.1) is 11.7 Å². The van der Waals surface area contributed by atoms with Gasteiger partial charge in [0, 0.05) is 5.69 Å². The highest BCUT2D eigenvalue weighted by Crippen LogP contribution is 2.16. The van der Waals surface area contributed by atoms with Crippen LogP contribution >= 0.6 is 0 Å². The van der Waals surface area contributed by atoms with Crippen LogP contribution in [-0.2, 0) is 0 Å². The first-order valence-corrected chi connectivity index (χ1v) is 7.88. The molecule has 0 aliphatic heterocycles. The molecular formula is C19H22N2O3. The fourth-order valence-electron chi connectivity index (χ4n) is 2.11. The molecule has 5 heteroatoms. The maximum absolute atomic E-state index is 12.4. The molecule has 0 spiro atoms. The summed E-state index contributed by atoms with van der Waals surface area (Å²) in [4.78, 5) is 16.8. The van der Waals surface area contributed by atoms with Crippen LogP contribution < -0.4 is 5.32 Å². The first kappa shape index (κ1) is 17.8. The lowest BCUT2D eigenvalue weighted by Gasteiger charge is -2.16. The summed E-state index contributed by atoms with van der Waals surface area (Å²) in [5, 5.41) is 12.5. The summed E-state index contributed by atoms with van der Waals surface area (Å²) in [7, 11) is 0. The molecule has 0 fully saturated rings. The molecule has 2 aromatic rings. The number of rotatable bonds is 4. The third-order valence-electron chi connectivity index (χ3n) is 3.30. The topological polar surface area (TPSA) is 75.4 Å². The van der Waals surface area contributed by atoms with Crippen molar-refractivity contribution in [2.45, 2.75) is 45.8 Å². The zero-order valence-corrected chi connectivity index (χ0v) is 14.4. The number of hydrogen-bond acceptors (Lipinski definition) is 4. The van der Waals surface area contributed by atoms with E-state index in [0.717, 1.165) is 11.4 Å². The quantitative estimate of drug-likeness (QED) is 0.847. The molecule has 2 heterocycles. The summed E-state index contributed by atoms with van der Waals surface area (Å²) in [5.41, 5.74) is 0.612. The molecule has 2 aromatic heterocycles. The largest absolute Gasteiger partial charge is 0.443 e. The van der Waals surface area contributed by atoms with Crippen LogP contribution in [0.4, 0.5) is 0 Å². The molecule has 0 saturated carbocycles. The maximum Gasteiger partial charge on any atom is 0.287 e. The van der Waals surface area contributed by atoms with E-state index < -0.39 is 5.60 Å². The summed E-state index contributed by atoms with van der Waals surface area (Å²) >= 11 is 0. The molecule has 1 atom stereocenters. The Morgan fingerprint density at radius 3 is 2.75 bits per heavy atom. The number of hydrogen-bond donors (Lipinski definition) is 2. The minimum atomic E-state index is -1.11. The monoisotopic (exact) mass is 326 g/mol. The van der Waals surface area contributed by atoms with Crippen LogP contribution in [0, 0.1) is 18.8 Å². The van der Waals surface area contributed by atoms with Gasteiger partial charge in [-0.1, -0.05) is 18.9 Å². The number of aryl methyl sites for hydroxylation is 1. The molecule has 1 amide bonds. The molecule has 5 nitrogen and oxygen atoms in total. The predicted octanol–water partition coefficient (Wildman–Crippen LogP) is 2.99. The number of aromatic nitrogens is 1. The van der Waals surface area contributed by atoms with Crippen molar-refractivity contribution in [1.82, 2.24) is 10.3 Å². The van der Waals surface area contributed by atoms with E-state index in [1.807, 2.05) is 32.0 Å². The second-order valence-electron chi connectivity index (χ2n) is 6.11. The summed E-state index contributed by atoms with van der Waals surface area (Å²) in [6.07, 6.45) is 0.717. The average molecular weight is 326 g/mol. The second-order valence-corrected chi connectivity index (χ2v) is 6.11. The van der Waals surface area contributed by atoms with E-state index in [2.05, 4.69) is 22.1 Å². The molecule has 24 heavy (non-hydrogen) atoms. The number of carbonyl (C=O) groups excluding carboxylic acids is 1. The fraction of sp³-hybridized carbons (Fsp3) is 0.368. The zero-order chi connectivity index (χ0) is 17.7. The smallest absolute Gasteiger partial charge is 0.287 e. The normalized spacial score (nSPS) is 12.2. The predicted molar refractivity (Wildman–Crippen MR) is 91.4 cm³/mol. The minimum absolute atomic E-state index is 0.182. The van der Waals surface area contributed by atoms with Crippen molar-refractivity contribution in [1.29, 1.82) is 0 Å². The number of amides is 1. The van der Waals surface area contributed by atoms with E-state index >= 15 is 0 Å². The van der Waals surface area contributed by atoms with Crippen LogP contribution in [0.25, 0.3) is 0 Å². The molecule has 0 radical (unpaired) electrons. The van der Waals surface area contributed by atoms with Crippen LogP contribution in [0.15, 0.2) is 34.7 Å². The third-order valence-corrected chi connectivity index (χ3v) is 3.30. The SMILES string of the molecule is CCC(NC(=O)c1ccc(C#CC(C)(C)O)o1)c1cccc(C)n1. The Morgan fingerprint density at radius 1 is 1.38 bits per heavy atom. The molecular weight excluding hydrogens is 304 g/mol. The Labute approximate surface area is 142 Å². The van der Waals surface area contributed by atoms with Gasteiger partial charge in [-0.15, -0.1) is 0 Å². The fourth-order valence-corrected chi connectivity index (χ4v) is 2.11. The van der Waals surface area contributed by atoms with Crippen LogP contribution in [0.5, 0.6) is 0 Å².